The molecule has 1 aliphatic carbocycles. The first-order chi connectivity index (χ1) is 8.99. The summed E-state index contributed by atoms with van der Waals surface area (Å²) in [5, 5.41) is 9.89. The molecule has 19 heavy (non-hydrogen) atoms. The number of nitrogens with zero attached hydrogens (tertiary/aromatic N) is 2. The van der Waals surface area contributed by atoms with Crippen LogP contribution in [0.5, 0.6) is 0 Å². The molecular weight excluding hydrogens is 260 g/mol. The summed E-state index contributed by atoms with van der Waals surface area (Å²) in [7, 11) is 0. The van der Waals surface area contributed by atoms with E-state index < -0.39 is 5.97 Å². The Morgan fingerprint density at radius 3 is 2.63 bits per heavy atom. The standard InChI is InChI=1S/C14H18N2O2S/c1-8(2)6-7-19-13-11(14(17)18)9(3)15-12(16-13)10-4-5-10/h6,10H,4-5,7H2,1-3H3,(H,17,18). The van der Waals surface area contributed by atoms with E-state index in [0.29, 0.717) is 16.6 Å². The topological polar surface area (TPSA) is 63.1 Å². The zero-order chi connectivity index (χ0) is 14.0. The highest BCUT2D eigenvalue weighted by atomic mass is 32.2. The Labute approximate surface area is 117 Å². The zero-order valence-corrected chi connectivity index (χ0v) is 12.3. The van der Waals surface area contributed by atoms with Gasteiger partial charge in [-0.2, -0.15) is 0 Å². The second kappa shape index (κ2) is 5.74. The molecule has 0 aromatic carbocycles. The minimum Gasteiger partial charge on any atom is -0.478 e. The van der Waals surface area contributed by atoms with Crippen LogP contribution in [0.15, 0.2) is 16.7 Å². The summed E-state index contributed by atoms with van der Waals surface area (Å²) in [6.07, 6.45) is 4.30. The summed E-state index contributed by atoms with van der Waals surface area (Å²) in [5.41, 5.74) is 2.04. The molecule has 0 unspecified atom stereocenters. The molecule has 1 aromatic rings. The summed E-state index contributed by atoms with van der Waals surface area (Å²) in [4.78, 5) is 20.1. The molecule has 5 heteroatoms. The Kier molecular flexibility index (Phi) is 4.24. The van der Waals surface area contributed by atoms with Crippen LogP contribution >= 0.6 is 11.8 Å². The average Bonchev–Trinajstić information content (AvgIpc) is 3.10. The van der Waals surface area contributed by atoms with Crippen molar-refractivity contribution in [2.24, 2.45) is 0 Å². The van der Waals surface area contributed by atoms with Gasteiger partial charge in [-0.1, -0.05) is 11.6 Å². The third-order valence-corrected chi connectivity index (χ3v) is 3.84. The number of allylic oxidation sites excluding steroid dienone is 1. The van der Waals surface area contributed by atoms with Crippen LogP contribution in [0.2, 0.25) is 0 Å². The highest BCUT2D eigenvalue weighted by Gasteiger charge is 2.29. The van der Waals surface area contributed by atoms with E-state index in [2.05, 4.69) is 16.0 Å². The van der Waals surface area contributed by atoms with Gasteiger partial charge in [0, 0.05) is 11.7 Å². The van der Waals surface area contributed by atoms with Gasteiger partial charge in [0.1, 0.15) is 16.4 Å². The van der Waals surface area contributed by atoms with Gasteiger partial charge in [-0.25, -0.2) is 14.8 Å². The van der Waals surface area contributed by atoms with E-state index in [4.69, 9.17) is 0 Å². The zero-order valence-electron chi connectivity index (χ0n) is 11.4. The number of hydrogen-bond donors (Lipinski definition) is 1. The Morgan fingerprint density at radius 2 is 2.11 bits per heavy atom. The third kappa shape index (κ3) is 3.56. The Hall–Kier alpha value is -1.36. The maximum absolute atomic E-state index is 11.3. The number of carbonyl (C=O) groups is 1. The van der Waals surface area contributed by atoms with Crippen molar-refractivity contribution < 1.29 is 9.90 Å². The molecule has 0 atom stereocenters. The first kappa shape index (κ1) is 14.1. The van der Waals surface area contributed by atoms with Crippen molar-refractivity contribution in [1.82, 2.24) is 9.97 Å². The van der Waals surface area contributed by atoms with Gasteiger partial charge in [-0.05, 0) is 33.6 Å². The minimum absolute atomic E-state index is 0.247. The Balaban J connectivity index is 2.31. The van der Waals surface area contributed by atoms with Crippen LogP contribution in [0.4, 0.5) is 0 Å². The van der Waals surface area contributed by atoms with Crippen LogP contribution in [0.1, 0.15) is 54.5 Å². The van der Waals surface area contributed by atoms with Crippen LogP contribution in [-0.2, 0) is 0 Å². The van der Waals surface area contributed by atoms with Crippen molar-refractivity contribution >= 4 is 17.7 Å². The van der Waals surface area contributed by atoms with Crippen LogP contribution in [0, 0.1) is 6.92 Å². The highest BCUT2D eigenvalue weighted by Crippen LogP contribution is 2.39. The number of hydrogen-bond acceptors (Lipinski definition) is 4. The number of thioether (sulfide) groups is 1. The molecule has 1 fully saturated rings. The lowest BCUT2D eigenvalue weighted by atomic mass is 10.2. The molecule has 0 radical (unpaired) electrons. The first-order valence-corrected chi connectivity index (χ1v) is 7.35. The van der Waals surface area contributed by atoms with E-state index >= 15 is 0 Å². The maximum atomic E-state index is 11.3. The van der Waals surface area contributed by atoms with E-state index in [1.807, 2.05) is 13.8 Å². The number of carboxylic acids is 1. The number of rotatable bonds is 5. The molecule has 1 N–H and O–H groups in total. The van der Waals surface area contributed by atoms with Gasteiger partial charge in [0.2, 0.25) is 0 Å². The lowest BCUT2D eigenvalue weighted by molar-refractivity contribution is 0.0690. The third-order valence-electron chi connectivity index (χ3n) is 2.94. The van der Waals surface area contributed by atoms with E-state index in [1.54, 1.807) is 6.92 Å². The predicted molar refractivity (Wildman–Crippen MR) is 75.9 cm³/mol. The molecule has 1 aromatic heterocycles. The smallest absolute Gasteiger partial charge is 0.340 e. The van der Waals surface area contributed by atoms with Crippen molar-refractivity contribution in [3.63, 3.8) is 0 Å². The number of aryl methyl sites for hydroxylation is 1. The molecule has 0 aliphatic heterocycles. The summed E-state index contributed by atoms with van der Waals surface area (Å²) < 4.78 is 0. The largest absolute Gasteiger partial charge is 0.478 e. The van der Waals surface area contributed by atoms with Crippen LogP contribution in [0.25, 0.3) is 0 Å². The van der Waals surface area contributed by atoms with Crippen molar-refractivity contribution in [2.75, 3.05) is 5.75 Å². The van der Waals surface area contributed by atoms with E-state index in [1.165, 1.54) is 17.3 Å². The summed E-state index contributed by atoms with van der Waals surface area (Å²) in [6.45, 7) is 5.81. The van der Waals surface area contributed by atoms with E-state index in [9.17, 15) is 9.90 Å². The second-order valence-electron chi connectivity index (χ2n) is 5.02. The first-order valence-electron chi connectivity index (χ1n) is 6.37. The van der Waals surface area contributed by atoms with Crippen LogP contribution in [0.3, 0.4) is 0 Å². The molecule has 0 saturated heterocycles. The van der Waals surface area contributed by atoms with Crippen LogP contribution < -0.4 is 0 Å². The second-order valence-corrected chi connectivity index (χ2v) is 6.03. The lowest BCUT2D eigenvalue weighted by Crippen LogP contribution is -2.09. The molecule has 0 bridgehead atoms. The molecular formula is C14H18N2O2S. The van der Waals surface area contributed by atoms with E-state index in [0.717, 1.165) is 24.4 Å². The van der Waals surface area contributed by atoms with Crippen molar-refractivity contribution in [2.45, 2.75) is 44.6 Å². The van der Waals surface area contributed by atoms with Crippen molar-refractivity contribution in [3.8, 4) is 0 Å². The predicted octanol–water partition coefficient (Wildman–Crippen LogP) is 3.42. The van der Waals surface area contributed by atoms with Gasteiger partial charge < -0.3 is 5.11 Å². The molecule has 1 saturated carbocycles. The number of aromatic carboxylic acids is 1. The van der Waals surface area contributed by atoms with Gasteiger partial charge in [-0.15, -0.1) is 11.8 Å². The SMILES string of the molecule is CC(C)=CCSc1nc(C2CC2)nc(C)c1C(=O)O. The van der Waals surface area contributed by atoms with Gasteiger partial charge in [0.25, 0.3) is 0 Å². The number of carboxylic acid groups (broad SMARTS) is 1. The maximum Gasteiger partial charge on any atom is 0.340 e. The fourth-order valence-electron chi connectivity index (χ4n) is 1.73. The normalized spacial score (nSPS) is 14.3. The molecule has 2 rings (SSSR count). The minimum atomic E-state index is -0.945. The molecule has 4 nitrogen and oxygen atoms in total. The molecule has 102 valence electrons. The van der Waals surface area contributed by atoms with Crippen molar-refractivity contribution in [3.05, 3.63) is 28.7 Å². The fraction of sp³-hybridized carbons (Fsp3) is 0.500. The average molecular weight is 278 g/mol. The van der Waals surface area contributed by atoms with Gasteiger partial charge in [-0.3, -0.25) is 0 Å². The Bertz CT molecular complexity index is 532. The molecule has 0 amide bonds. The molecule has 1 heterocycles. The summed E-state index contributed by atoms with van der Waals surface area (Å²) in [6, 6.07) is 0. The quantitative estimate of drug-likeness (QED) is 0.508. The van der Waals surface area contributed by atoms with Crippen molar-refractivity contribution in [1.29, 1.82) is 0 Å². The molecule has 1 aliphatic rings. The van der Waals surface area contributed by atoms with Gasteiger partial charge in [0.05, 0.1) is 5.69 Å². The van der Waals surface area contributed by atoms with Crippen LogP contribution in [-0.4, -0.2) is 26.8 Å². The lowest BCUT2D eigenvalue weighted by Gasteiger charge is -2.09. The summed E-state index contributed by atoms with van der Waals surface area (Å²) in [5.74, 6) is 1.04. The summed E-state index contributed by atoms with van der Waals surface area (Å²) >= 11 is 1.47. The molecule has 0 spiro atoms. The monoisotopic (exact) mass is 278 g/mol. The van der Waals surface area contributed by atoms with Gasteiger partial charge in [0.15, 0.2) is 0 Å². The fourth-order valence-corrected chi connectivity index (χ4v) is 2.84. The number of aromatic nitrogens is 2. The highest BCUT2D eigenvalue weighted by molar-refractivity contribution is 7.99. The Morgan fingerprint density at radius 1 is 1.42 bits per heavy atom. The van der Waals surface area contributed by atoms with E-state index in [-0.39, 0.29) is 5.56 Å². The van der Waals surface area contributed by atoms with Gasteiger partial charge >= 0.3 is 5.97 Å².